The van der Waals surface area contributed by atoms with Crippen molar-refractivity contribution >= 4 is 33.1 Å². The van der Waals surface area contributed by atoms with Gasteiger partial charge in [-0.15, -0.1) is 11.3 Å². The van der Waals surface area contributed by atoms with E-state index in [2.05, 4.69) is 12.2 Å². The Hall–Kier alpha value is -2.81. The van der Waals surface area contributed by atoms with Crippen molar-refractivity contribution in [2.75, 3.05) is 13.6 Å². The van der Waals surface area contributed by atoms with Gasteiger partial charge in [0, 0.05) is 17.5 Å². The molecule has 0 bridgehead atoms. The first kappa shape index (κ1) is 23.8. The molecule has 0 saturated carbocycles. The van der Waals surface area contributed by atoms with E-state index in [0.29, 0.717) is 5.56 Å². The standard InChI is InChI=1S/C24H26N2O4S2/c1-4-18-7-9-20(10-8-18)24(22-6-5-15-31-22)25-23(28)16-26(3)32(29,30)21-13-11-19(12-14-21)17(2)27/h5-15,24H,4,16H2,1-3H3,(H,25,28). The monoisotopic (exact) mass is 470 g/mol. The summed E-state index contributed by atoms with van der Waals surface area (Å²) < 4.78 is 26.7. The van der Waals surface area contributed by atoms with E-state index in [1.165, 1.54) is 55.1 Å². The van der Waals surface area contributed by atoms with E-state index in [1.54, 1.807) is 0 Å². The van der Waals surface area contributed by atoms with E-state index in [4.69, 9.17) is 0 Å². The predicted molar refractivity (Wildman–Crippen MR) is 126 cm³/mol. The van der Waals surface area contributed by atoms with E-state index < -0.39 is 15.9 Å². The molecular formula is C24H26N2O4S2. The largest absolute Gasteiger partial charge is 0.343 e. The number of amides is 1. The Morgan fingerprint density at radius 3 is 2.22 bits per heavy atom. The van der Waals surface area contributed by atoms with Crippen molar-refractivity contribution in [3.63, 3.8) is 0 Å². The van der Waals surface area contributed by atoms with Gasteiger partial charge in [-0.05, 0) is 48.1 Å². The Bertz CT molecular complexity index is 1170. The lowest BCUT2D eigenvalue weighted by Gasteiger charge is -2.21. The molecule has 1 aromatic heterocycles. The van der Waals surface area contributed by atoms with Crippen LogP contribution in [0.2, 0.25) is 0 Å². The number of benzene rings is 2. The van der Waals surface area contributed by atoms with Crippen LogP contribution in [0.5, 0.6) is 0 Å². The van der Waals surface area contributed by atoms with Gasteiger partial charge in [-0.25, -0.2) is 8.42 Å². The minimum absolute atomic E-state index is 0.0303. The van der Waals surface area contributed by atoms with Gasteiger partial charge >= 0.3 is 0 Å². The van der Waals surface area contributed by atoms with Crippen LogP contribution < -0.4 is 5.32 Å². The fraction of sp³-hybridized carbons (Fsp3) is 0.250. The van der Waals surface area contributed by atoms with Gasteiger partial charge in [-0.2, -0.15) is 4.31 Å². The zero-order valence-electron chi connectivity index (χ0n) is 18.2. The van der Waals surface area contributed by atoms with Crippen LogP contribution in [-0.2, 0) is 21.2 Å². The maximum absolute atomic E-state index is 12.9. The summed E-state index contributed by atoms with van der Waals surface area (Å²) >= 11 is 1.53. The second-order valence-electron chi connectivity index (χ2n) is 7.45. The van der Waals surface area contributed by atoms with Gasteiger partial charge in [0.25, 0.3) is 0 Å². The molecule has 0 aliphatic carbocycles. The molecule has 1 unspecified atom stereocenters. The van der Waals surface area contributed by atoms with Crippen molar-refractivity contribution in [2.45, 2.75) is 31.2 Å². The minimum atomic E-state index is -3.88. The number of thiophene rings is 1. The van der Waals surface area contributed by atoms with Gasteiger partial charge in [0.05, 0.1) is 17.5 Å². The molecule has 8 heteroatoms. The highest BCUT2D eigenvalue weighted by atomic mass is 32.2. The SMILES string of the molecule is CCc1ccc(C(NC(=O)CN(C)S(=O)(=O)c2ccc(C(C)=O)cc2)c2cccs2)cc1. The van der Waals surface area contributed by atoms with Crippen molar-refractivity contribution in [1.29, 1.82) is 0 Å². The summed E-state index contributed by atoms with van der Waals surface area (Å²) in [4.78, 5) is 25.2. The first-order chi connectivity index (χ1) is 15.2. The molecule has 3 rings (SSSR count). The summed E-state index contributed by atoms with van der Waals surface area (Å²) in [7, 11) is -2.51. The summed E-state index contributed by atoms with van der Waals surface area (Å²) in [5, 5.41) is 4.91. The number of nitrogens with one attached hydrogen (secondary N) is 1. The van der Waals surface area contributed by atoms with Crippen molar-refractivity contribution in [2.24, 2.45) is 0 Å². The van der Waals surface area contributed by atoms with Crippen molar-refractivity contribution in [1.82, 2.24) is 9.62 Å². The molecule has 2 aromatic carbocycles. The smallest absolute Gasteiger partial charge is 0.243 e. The summed E-state index contributed by atoms with van der Waals surface area (Å²) in [5.74, 6) is -0.553. The normalized spacial score (nSPS) is 12.5. The molecule has 0 fully saturated rings. The molecule has 0 saturated heterocycles. The Labute approximate surface area is 192 Å². The number of carbonyl (C=O) groups is 2. The number of ketones is 1. The third-order valence-corrected chi connectivity index (χ3v) is 7.94. The molecule has 1 heterocycles. The van der Waals surface area contributed by atoms with Crippen molar-refractivity contribution in [3.8, 4) is 0 Å². The quantitative estimate of drug-likeness (QED) is 0.479. The van der Waals surface area contributed by atoms with Crippen LogP contribution in [0.3, 0.4) is 0 Å². The number of nitrogens with zero attached hydrogens (tertiary/aromatic N) is 1. The Kier molecular flexibility index (Phi) is 7.60. The molecule has 3 aromatic rings. The molecule has 6 nitrogen and oxygen atoms in total. The van der Waals surface area contributed by atoms with E-state index in [-0.39, 0.29) is 23.3 Å². The molecule has 32 heavy (non-hydrogen) atoms. The Balaban J connectivity index is 1.75. The second-order valence-corrected chi connectivity index (χ2v) is 10.5. The van der Waals surface area contributed by atoms with E-state index in [9.17, 15) is 18.0 Å². The van der Waals surface area contributed by atoms with Gasteiger partial charge in [-0.1, -0.05) is 49.4 Å². The lowest BCUT2D eigenvalue weighted by atomic mass is 10.0. The molecule has 1 N–H and O–H groups in total. The minimum Gasteiger partial charge on any atom is -0.343 e. The Morgan fingerprint density at radius 2 is 1.69 bits per heavy atom. The second kappa shape index (κ2) is 10.2. The van der Waals surface area contributed by atoms with Gasteiger partial charge in [0.15, 0.2) is 5.78 Å². The van der Waals surface area contributed by atoms with E-state index >= 15 is 0 Å². The summed E-state index contributed by atoms with van der Waals surface area (Å²) in [6, 6.07) is 17.2. The highest BCUT2D eigenvalue weighted by Crippen LogP contribution is 2.26. The van der Waals surface area contributed by atoms with Crippen LogP contribution in [0.15, 0.2) is 70.9 Å². The zero-order valence-corrected chi connectivity index (χ0v) is 19.9. The van der Waals surface area contributed by atoms with E-state index in [0.717, 1.165) is 21.2 Å². The first-order valence-corrected chi connectivity index (χ1v) is 12.5. The average molecular weight is 471 g/mol. The van der Waals surface area contributed by atoms with Gasteiger partial charge in [0.2, 0.25) is 15.9 Å². The predicted octanol–water partition coefficient (Wildman–Crippen LogP) is 4.04. The summed E-state index contributed by atoms with van der Waals surface area (Å²) in [6.45, 7) is 3.17. The molecule has 0 radical (unpaired) electrons. The van der Waals surface area contributed by atoms with Crippen LogP contribution >= 0.6 is 11.3 Å². The zero-order chi connectivity index (χ0) is 23.3. The van der Waals surface area contributed by atoms with Crippen molar-refractivity contribution < 1.29 is 18.0 Å². The fourth-order valence-corrected chi connectivity index (χ4v) is 5.19. The lowest BCUT2D eigenvalue weighted by Crippen LogP contribution is -2.40. The molecule has 168 valence electrons. The highest BCUT2D eigenvalue weighted by molar-refractivity contribution is 7.89. The molecule has 0 aliphatic rings. The highest BCUT2D eigenvalue weighted by Gasteiger charge is 2.25. The molecule has 1 atom stereocenters. The van der Waals surface area contributed by atoms with E-state index in [1.807, 2.05) is 41.8 Å². The van der Waals surface area contributed by atoms with Crippen LogP contribution in [0.25, 0.3) is 0 Å². The topological polar surface area (TPSA) is 83.6 Å². The van der Waals surface area contributed by atoms with Gasteiger partial charge in [-0.3, -0.25) is 9.59 Å². The number of rotatable bonds is 9. The maximum atomic E-state index is 12.9. The maximum Gasteiger partial charge on any atom is 0.243 e. The third-order valence-electron chi connectivity index (χ3n) is 5.19. The number of Topliss-reactive ketones (excluding diaryl/α,β-unsaturated/α-hetero) is 1. The molecule has 1 amide bonds. The summed E-state index contributed by atoms with van der Waals surface area (Å²) in [6.07, 6.45) is 0.923. The number of carbonyl (C=O) groups excluding carboxylic acids is 2. The number of hydrogen-bond donors (Lipinski definition) is 1. The Morgan fingerprint density at radius 1 is 1.03 bits per heavy atom. The number of hydrogen-bond acceptors (Lipinski definition) is 5. The fourth-order valence-electron chi connectivity index (χ4n) is 3.26. The van der Waals surface area contributed by atoms with Crippen LogP contribution in [0.4, 0.5) is 0 Å². The lowest BCUT2D eigenvalue weighted by molar-refractivity contribution is -0.121. The summed E-state index contributed by atoms with van der Waals surface area (Å²) in [5.41, 5.74) is 2.56. The molecule has 0 spiro atoms. The van der Waals surface area contributed by atoms with Crippen LogP contribution in [0, 0.1) is 0 Å². The van der Waals surface area contributed by atoms with Crippen LogP contribution in [-0.4, -0.2) is 38.0 Å². The average Bonchev–Trinajstić information content (AvgIpc) is 3.32. The third kappa shape index (κ3) is 5.51. The molecular weight excluding hydrogens is 444 g/mol. The van der Waals surface area contributed by atoms with Crippen molar-refractivity contribution in [3.05, 3.63) is 87.6 Å². The number of sulfonamides is 1. The molecule has 0 aliphatic heterocycles. The first-order valence-electron chi connectivity index (χ1n) is 10.2. The van der Waals surface area contributed by atoms with Gasteiger partial charge < -0.3 is 5.32 Å². The van der Waals surface area contributed by atoms with Crippen LogP contribution in [0.1, 0.15) is 46.3 Å². The number of aryl methyl sites for hydroxylation is 1. The van der Waals surface area contributed by atoms with Gasteiger partial charge in [0.1, 0.15) is 0 Å². The number of likely N-dealkylation sites (N-methyl/N-ethyl adjacent to an activating group) is 1.